The molecule has 4 heteroatoms. The maximum Gasteiger partial charge on any atom is 0.132 e. The smallest absolute Gasteiger partial charge is 0.132 e. The number of alkyl halides is 1. The van der Waals surface area contributed by atoms with E-state index >= 15 is 0 Å². The van der Waals surface area contributed by atoms with E-state index in [2.05, 4.69) is 50.7 Å². The summed E-state index contributed by atoms with van der Waals surface area (Å²) in [6, 6.07) is 2.72. The molecule has 88 valence electrons. The minimum atomic E-state index is 0.465. The minimum absolute atomic E-state index is 0.465. The van der Waals surface area contributed by atoms with Gasteiger partial charge in [0.2, 0.25) is 0 Å². The quantitative estimate of drug-likeness (QED) is 0.799. The molecule has 1 unspecified atom stereocenters. The van der Waals surface area contributed by atoms with Gasteiger partial charge in [0.15, 0.2) is 0 Å². The molecule has 1 aliphatic heterocycles. The molecule has 0 amide bonds. The molecular formula is C12H18BrN3. The van der Waals surface area contributed by atoms with E-state index in [9.17, 15) is 0 Å². The molecule has 2 heterocycles. The molecule has 1 aromatic heterocycles. The maximum absolute atomic E-state index is 4.40. The van der Waals surface area contributed by atoms with Crippen molar-refractivity contribution in [3.8, 4) is 0 Å². The summed E-state index contributed by atoms with van der Waals surface area (Å²) in [5, 5.41) is 1.02. The zero-order valence-corrected chi connectivity index (χ0v) is 11.4. The number of rotatable bonds is 3. The Morgan fingerprint density at radius 2 is 2.31 bits per heavy atom. The van der Waals surface area contributed by atoms with Crippen LogP contribution in [0.4, 0.5) is 5.82 Å². The van der Waals surface area contributed by atoms with Crippen LogP contribution in [0.15, 0.2) is 12.4 Å². The highest BCUT2D eigenvalue weighted by molar-refractivity contribution is 9.09. The van der Waals surface area contributed by atoms with Gasteiger partial charge in [-0.15, -0.1) is 0 Å². The minimum Gasteiger partial charge on any atom is -0.353 e. The second-order valence-electron chi connectivity index (χ2n) is 4.60. The molecule has 1 aromatic rings. The van der Waals surface area contributed by atoms with Crippen molar-refractivity contribution in [2.45, 2.75) is 38.6 Å². The van der Waals surface area contributed by atoms with E-state index in [0.29, 0.717) is 12.0 Å². The van der Waals surface area contributed by atoms with E-state index in [1.807, 2.05) is 0 Å². The lowest BCUT2D eigenvalue weighted by Gasteiger charge is -2.24. The van der Waals surface area contributed by atoms with Crippen molar-refractivity contribution in [1.82, 2.24) is 9.97 Å². The van der Waals surface area contributed by atoms with E-state index < -0.39 is 0 Å². The first-order chi connectivity index (χ1) is 7.72. The molecule has 1 atom stereocenters. The van der Waals surface area contributed by atoms with E-state index in [-0.39, 0.29) is 0 Å². The van der Waals surface area contributed by atoms with Gasteiger partial charge in [0.1, 0.15) is 12.1 Å². The largest absolute Gasteiger partial charge is 0.353 e. The van der Waals surface area contributed by atoms with Crippen molar-refractivity contribution in [2.24, 2.45) is 0 Å². The third-order valence-electron chi connectivity index (χ3n) is 3.11. The van der Waals surface area contributed by atoms with Crippen LogP contribution in [0.3, 0.4) is 0 Å². The van der Waals surface area contributed by atoms with Gasteiger partial charge in [0.25, 0.3) is 0 Å². The summed E-state index contributed by atoms with van der Waals surface area (Å²) in [4.78, 5) is 11.1. The van der Waals surface area contributed by atoms with Crippen molar-refractivity contribution in [1.29, 1.82) is 0 Å². The highest BCUT2D eigenvalue weighted by Crippen LogP contribution is 2.26. The Morgan fingerprint density at radius 3 is 3.00 bits per heavy atom. The molecule has 0 spiro atoms. The molecule has 1 aliphatic rings. The number of halogens is 1. The molecule has 0 N–H and O–H groups in total. The molecule has 2 rings (SSSR count). The lowest BCUT2D eigenvalue weighted by atomic mass is 10.1. The van der Waals surface area contributed by atoms with Crippen LogP contribution in [-0.2, 0) is 0 Å². The average molecular weight is 284 g/mol. The SMILES string of the molecule is CC(C)c1cc(N2CCCC2CBr)ncn1. The standard InChI is InChI=1S/C12H18BrN3/c1-9(2)11-6-12(15-8-14-11)16-5-3-4-10(16)7-13/h6,8-10H,3-5,7H2,1-2H3. The molecule has 0 saturated carbocycles. The van der Waals surface area contributed by atoms with Gasteiger partial charge < -0.3 is 4.90 Å². The van der Waals surface area contributed by atoms with Crippen LogP contribution in [0.1, 0.15) is 38.3 Å². The fourth-order valence-electron chi connectivity index (χ4n) is 2.13. The van der Waals surface area contributed by atoms with Crippen molar-refractivity contribution in [2.75, 3.05) is 16.8 Å². The van der Waals surface area contributed by atoms with Crippen LogP contribution in [0.25, 0.3) is 0 Å². The summed E-state index contributed by atoms with van der Waals surface area (Å²) in [5.74, 6) is 1.55. The molecule has 0 aliphatic carbocycles. The molecular weight excluding hydrogens is 266 g/mol. The van der Waals surface area contributed by atoms with Crippen molar-refractivity contribution in [3.63, 3.8) is 0 Å². The first-order valence-electron chi connectivity index (χ1n) is 5.87. The first-order valence-corrected chi connectivity index (χ1v) is 6.99. The summed E-state index contributed by atoms with van der Waals surface area (Å²) in [7, 11) is 0. The second kappa shape index (κ2) is 5.13. The summed E-state index contributed by atoms with van der Waals surface area (Å²) in [6.07, 6.45) is 4.21. The Morgan fingerprint density at radius 1 is 1.50 bits per heavy atom. The lowest BCUT2D eigenvalue weighted by molar-refractivity contribution is 0.734. The normalized spacial score (nSPS) is 20.8. The van der Waals surface area contributed by atoms with Gasteiger partial charge in [-0.3, -0.25) is 0 Å². The van der Waals surface area contributed by atoms with Gasteiger partial charge in [-0.05, 0) is 18.8 Å². The fourth-order valence-corrected chi connectivity index (χ4v) is 2.81. The van der Waals surface area contributed by atoms with Crippen LogP contribution >= 0.6 is 15.9 Å². The summed E-state index contributed by atoms with van der Waals surface area (Å²) in [5.41, 5.74) is 1.13. The summed E-state index contributed by atoms with van der Waals surface area (Å²) >= 11 is 3.58. The van der Waals surface area contributed by atoms with Gasteiger partial charge in [-0.25, -0.2) is 9.97 Å². The van der Waals surface area contributed by atoms with Crippen LogP contribution in [-0.4, -0.2) is 27.9 Å². The first kappa shape index (κ1) is 11.8. The van der Waals surface area contributed by atoms with Crippen LogP contribution in [0.5, 0.6) is 0 Å². The Hall–Kier alpha value is -0.640. The van der Waals surface area contributed by atoms with E-state index in [0.717, 1.165) is 23.4 Å². The molecule has 0 bridgehead atoms. The molecule has 1 saturated heterocycles. The van der Waals surface area contributed by atoms with Gasteiger partial charge in [0, 0.05) is 29.7 Å². The third kappa shape index (κ3) is 2.37. The number of hydrogen-bond donors (Lipinski definition) is 0. The predicted octanol–water partition coefficient (Wildman–Crippen LogP) is 2.96. The Balaban J connectivity index is 2.22. The van der Waals surface area contributed by atoms with Crippen LogP contribution in [0.2, 0.25) is 0 Å². The third-order valence-corrected chi connectivity index (χ3v) is 3.86. The van der Waals surface area contributed by atoms with Crippen LogP contribution in [0, 0.1) is 0 Å². The van der Waals surface area contributed by atoms with Crippen LogP contribution < -0.4 is 4.90 Å². The molecule has 16 heavy (non-hydrogen) atoms. The zero-order chi connectivity index (χ0) is 11.5. The highest BCUT2D eigenvalue weighted by atomic mass is 79.9. The van der Waals surface area contributed by atoms with Gasteiger partial charge >= 0.3 is 0 Å². The van der Waals surface area contributed by atoms with Crippen molar-refractivity contribution < 1.29 is 0 Å². The fraction of sp³-hybridized carbons (Fsp3) is 0.667. The average Bonchev–Trinajstić information content (AvgIpc) is 2.77. The van der Waals surface area contributed by atoms with Crippen molar-refractivity contribution >= 4 is 21.7 Å². The van der Waals surface area contributed by atoms with E-state index in [1.54, 1.807) is 6.33 Å². The lowest BCUT2D eigenvalue weighted by Crippen LogP contribution is -2.31. The molecule has 0 aromatic carbocycles. The molecule has 3 nitrogen and oxygen atoms in total. The molecule has 1 fully saturated rings. The number of hydrogen-bond acceptors (Lipinski definition) is 3. The number of anilines is 1. The topological polar surface area (TPSA) is 29.0 Å². The molecule has 0 radical (unpaired) electrons. The van der Waals surface area contributed by atoms with E-state index in [1.165, 1.54) is 12.8 Å². The van der Waals surface area contributed by atoms with Crippen molar-refractivity contribution in [3.05, 3.63) is 18.1 Å². The Kier molecular flexibility index (Phi) is 3.79. The zero-order valence-electron chi connectivity index (χ0n) is 9.86. The summed E-state index contributed by atoms with van der Waals surface area (Å²) in [6.45, 7) is 5.45. The van der Waals surface area contributed by atoms with Gasteiger partial charge in [0.05, 0.1) is 0 Å². The monoisotopic (exact) mass is 283 g/mol. The van der Waals surface area contributed by atoms with Gasteiger partial charge in [-0.2, -0.15) is 0 Å². The number of aromatic nitrogens is 2. The number of nitrogens with zero attached hydrogens (tertiary/aromatic N) is 3. The Labute approximate surface area is 105 Å². The van der Waals surface area contributed by atoms with Gasteiger partial charge in [-0.1, -0.05) is 29.8 Å². The van der Waals surface area contributed by atoms with E-state index in [4.69, 9.17) is 0 Å². The maximum atomic E-state index is 4.40. The Bertz CT molecular complexity index is 354. The highest BCUT2D eigenvalue weighted by Gasteiger charge is 2.24. The second-order valence-corrected chi connectivity index (χ2v) is 5.25. The predicted molar refractivity (Wildman–Crippen MR) is 70.3 cm³/mol. The summed E-state index contributed by atoms with van der Waals surface area (Å²) < 4.78 is 0.